The van der Waals surface area contributed by atoms with E-state index in [0.29, 0.717) is 23.8 Å². The Kier molecular flexibility index (Phi) is 9.55. The lowest BCUT2D eigenvalue weighted by Crippen LogP contribution is -2.47. The standard InChI is InChI=1S/C17H23F2N5O.2ClH/c1-2-15(13-4-3-12(18)9-14(13)19)24-7-5-23(6-8-24)11-16-21-17(10-20)25-22-16;;/h3-4,9,15H,2,5-8,10-11,20H2,1H3;2*1H. The quantitative estimate of drug-likeness (QED) is 0.769. The molecule has 10 heteroatoms. The number of aromatic nitrogens is 2. The maximum atomic E-state index is 14.1. The summed E-state index contributed by atoms with van der Waals surface area (Å²) >= 11 is 0. The molecule has 1 fully saturated rings. The Hall–Kier alpha value is -1.32. The van der Waals surface area contributed by atoms with Crippen LogP contribution in [-0.2, 0) is 13.1 Å². The van der Waals surface area contributed by atoms with E-state index in [-0.39, 0.29) is 37.4 Å². The van der Waals surface area contributed by atoms with Gasteiger partial charge in [-0.2, -0.15) is 4.98 Å². The number of hydrogen-bond donors (Lipinski definition) is 1. The molecule has 0 bridgehead atoms. The number of halogens is 4. The van der Waals surface area contributed by atoms with E-state index in [4.69, 9.17) is 10.3 Å². The molecule has 152 valence electrons. The first-order chi connectivity index (χ1) is 12.1. The first kappa shape index (κ1) is 23.7. The minimum atomic E-state index is -0.544. The third kappa shape index (κ3) is 5.83. The number of nitrogens with zero attached hydrogens (tertiary/aromatic N) is 4. The van der Waals surface area contributed by atoms with Gasteiger partial charge in [0.05, 0.1) is 13.1 Å². The summed E-state index contributed by atoms with van der Waals surface area (Å²) in [7, 11) is 0. The maximum Gasteiger partial charge on any atom is 0.240 e. The first-order valence-corrected chi connectivity index (χ1v) is 8.53. The van der Waals surface area contributed by atoms with Crippen LogP contribution < -0.4 is 5.73 Å². The van der Waals surface area contributed by atoms with Crippen LogP contribution in [0.5, 0.6) is 0 Å². The van der Waals surface area contributed by atoms with Gasteiger partial charge in [0.2, 0.25) is 5.89 Å². The van der Waals surface area contributed by atoms with E-state index in [1.807, 2.05) is 6.92 Å². The van der Waals surface area contributed by atoms with Gasteiger partial charge in [-0.3, -0.25) is 9.80 Å². The van der Waals surface area contributed by atoms with Crippen LogP contribution in [0.2, 0.25) is 0 Å². The minimum Gasteiger partial charge on any atom is -0.338 e. The fraction of sp³-hybridized carbons (Fsp3) is 0.529. The second kappa shape index (κ2) is 10.9. The Morgan fingerprint density at radius 2 is 1.89 bits per heavy atom. The zero-order chi connectivity index (χ0) is 17.8. The summed E-state index contributed by atoms with van der Waals surface area (Å²) in [5.41, 5.74) is 6.03. The molecule has 2 N–H and O–H groups in total. The van der Waals surface area contributed by atoms with E-state index in [0.717, 1.165) is 38.7 Å². The fourth-order valence-corrected chi connectivity index (χ4v) is 3.32. The van der Waals surface area contributed by atoms with Crippen molar-refractivity contribution in [3.63, 3.8) is 0 Å². The van der Waals surface area contributed by atoms with Crippen molar-refractivity contribution in [2.45, 2.75) is 32.5 Å². The van der Waals surface area contributed by atoms with Crippen LogP contribution >= 0.6 is 24.8 Å². The predicted molar refractivity (Wildman–Crippen MR) is 103 cm³/mol. The molecule has 1 aromatic heterocycles. The van der Waals surface area contributed by atoms with Gasteiger partial charge in [0, 0.05) is 43.9 Å². The highest BCUT2D eigenvalue weighted by atomic mass is 35.5. The summed E-state index contributed by atoms with van der Waals surface area (Å²) in [6.07, 6.45) is 0.771. The molecule has 0 aliphatic carbocycles. The molecule has 2 heterocycles. The average Bonchev–Trinajstić information content (AvgIpc) is 3.06. The lowest BCUT2D eigenvalue weighted by atomic mass is 10.0. The molecule has 0 amide bonds. The molecule has 1 unspecified atom stereocenters. The fourth-order valence-electron chi connectivity index (χ4n) is 3.32. The van der Waals surface area contributed by atoms with Crippen LogP contribution in [0, 0.1) is 11.6 Å². The Morgan fingerprint density at radius 3 is 2.44 bits per heavy atom. The zero-order valence-corrected chi connectivity index (χ0v) is 16.7. The summed E-state index contributed by atoms with van der Waals surface area (Å²) in [4.78, 5) is 8.69. The van der Waals surface area contributed by atoms with Crippen LogP contribution in [0.1, 0.15) is 36.7 Å². The summed E-state index contributed by atoms with van der Waals surface area (Å²) in [6, 6.07) is 3.79. The minimum absolute atomic E-state index is 0. The molecule has 1 atom stereocenters. The van der Waals surface area contributed by atoms with E-state index in [1.165, 1.54) is 6.07 Å². The van der Waals surface area contributed by atoms with Gasteiger partial charge in [0.1, 0.15) is 11.6 Å². The Labute approximate surface area is 169 Å². The average molecular weight is 424 g/mol. The van der Waals surface area contributed by atoms with Crippen LogP contribution in [0.15, 0.2) is 22.7 Å². The molecule has 1 aliphatic heterocycles. The highest BCUT2D eigenvalue weighted by Gasteiger charge is 2.26. The maximum absolute atomic E-state index is 14.1. The van der Waals surface area contributed by atoms with Gasteiger partial charge in [-0.25, -0.2) is 8.78 Å². The Morgan fingerprint density at radius 1 is 1.19 bits per heavy atom. The van der Waals surface area contributed by atoms with Gasteiger partial charge in [-0.15, -0.1) is 24.8 Å². The number of piperazine rings is 1. The highest BCUT2D eigenvalue weighted by Crippen LogP contribution is 2.28. The van der Waals surface area contributed by atoms with Crippen LogP contribution in [0.4, 0.5) is 8.78 Å². The second-order valence-corrected chi connectivity index (χ2v) is 6.21. The normalized spacial score (nSPS) is 16.4. The van der Waals surface area contributed by atoms with Crippen molar-refractivity contribution >= 4 is 24.8 Å². The van der Waals surface area contributed by atoms with E-state index < -0.39 is 11.6 Å². The lowest BCUT2D eigenvalue weighted by molar-refractivity contribution is 0.0862. The van der Waals surface area contributed by atoms with Crippen LogP contribution in [0.25, 0.3) is 0 Å². The van der Waals surface area contributed by atoms with Gasteiger partial charge in [0.15, 0.2) is 5.82 Å². The van der Waals surface area contributed by atoms with Gasteiger partial charge in [-0.1, -0.05) is 18.1 Å². The monoisotopic (exact) mass is 423 g/mol. The van der Waals surface area contributed by atoms with Gasteiger partial charge in [-0.05, 0) is 12.5 Å². The molecule has 1 saturated heterocycles. The SMILES string of the molecule is CCC(c1ccc(F)cc1F)N1CCN(Cc2noc(CN)n2)CC1.Cl.Cl. The smallest absolute Gasteiger partial charge is 0.240 e. The molecule has 0 spiro atoms. The van der Waals surface area contributed by atoms with E-state index >= 15 is 0 Å². The largest absolute Gasteiger partial charge is 0.338 e. The lowest BCUT2D eigenvalue weighted by Gasteiger charge is -2.39. The van der Waals surface area contributed by atoms with Crippen LogP contribution in [0.3, 0.4) is 0 Å². The third-order valence-electron chi connectivity index (χ3n) is 4.61. The summed E-state index contributed by atoms with van der Waals surface area (Å²) in [5, 5.41) is 3.91. The zero-order valence-electron chi connectivity index (χ0n) is 15.1. The molecule has 0 saturated carbocycles. The van der Waals surface area contributed by atoms with Crippen LogP contribution in [-0.4, -0.2) is 46.1 Å². The van der Waals surface area contributed by atoms with Crippen molar-refractivity contribution in [2.24, 2.45) is 5.73 Å². The number of rotatable bonds is 6. The predicted octanol–water partition coefficient (Wildman–Crippen LogP) is 2.92. The van der Waals surface area contributed by atoms with Gasteiger partial charge in [0.25, 0.3) is 0 Å². The number of nitrogens with two attached hydrogens (primary N) is 1. The second-order valence-electron chi connectivity index (χ2n) is 6.21. The number of hydrogen-bond acceptors (Lipinski definition) is 6. The van der Waals surface area contributed by atoms with Crippen molar-refractivity contribution in [3.05, 3.63) is 47.1 Å². The van der Waals surface area contributed by atoms with E-state index in [9.17, 15) is 8.78 Å². The molecule has 1 aromatic carbocycles. The van der Waals surface area contributed by atoms with Gasteiger partial charge < -0.3 is 10.3 Å². The Balaban J connectivity index is 0.00000182. The summed E-state index contributed by atoms with van der Waals surface area (Å²) < 4.78 is 32.3. The van der Waals surface area contributed by atoms with Gasteiger partial charge >= 0.3 is 0 Å². The summed E-state index contributed by atoms with van der Waals surface area (Å²) in [6.45, 7) is 6.13. The van der Waals surface area contributed by atoms with Crippen molar-refractivity contribution < 1.29 is 13.3 Å². The summed E-state index contributed by atoms with van der Waals surface area (Å²) in [5.74, 6) is 0.0465. The molecule has 3 rings (SSSR count). The molecular formula is C17H25Cl2F2N5O. The van der Waals surface area contributed by atoms with Crippen molar-refractivity contribution in [1.29, 1.82) is 0 Å². The molecule has 0 radical (unpaired) electrons. The third-order valence-corrected chi connectivity index (χ3v) is 4.61. The van der Waals surface area contributed by atoms with E-state index in [2.05, 4.69) is 19.9 Å². The molecule has 1 aliphatic rings. The van der Waals surface area contributed by atoms with Crippen molar-refractivity contribution in [2.75, 3.05) is 26.2 Å². The topological polar surface area (TPSA) is 71.4 Å². The molecule has 27 heavy (non-hydrogen) atoms. The molecule has 6 nitrogen and oxygen atoms in total. The Bertz CT molecular complexity index is 710. The first-order valence-electron chi connectivity index (χ1n) is 8.53. The molecular weight excluding hydrogens is 399 g/mol. The molecule has 2 aromatic rings. The van der Waals surface area contributed by atoms with Crippen molar-refractivity contribution in [1.82, 2.24) is 19.9 Å². The van der Waals surface area contributed by atoms with Crippen molar-refractivity contribution in [3.8, 4) is 0 Å². The van der Waals surface area contributed by atoms with E-state index in [1.54, 1.807) is 6.07 Å². The number of benzene rings is 1. The highest BCUT2D eigenvalue weighted by molar-refractivity contribution is 5.85.